The third-order valence-corrected chi connectivity index (χ3v) is 6.22. The van der Waals surface area contributed by atoms with Crippen LogP contribution in [0.3, 0.4) is 0 Å². The summed E-state index contributed by atoms with van der Waals surface area (Å²) in [4.78, 5) is 27.6. The molecule has 34 heavy (non-hydrogen) atoms. The standard InChI is InChI=1S/C24H25ClFN3O5/c25-16-1-4-18(5-2-16)34-12-11-27-7-9-28(10-8-27)23(24(32)33)20-14-29(15-22(30)31)21-13-17(26)3-6-19(20)21/h1-6,13-14,23H,7-12,15H2,(H,30,31)(H,32,33)/t23-/m0/s1. The number of benzene rings is 2. The smallest absolute Gasteiger partial charge is 0.325 e. The minimum atomic E-state index is -1.09. The fraction of sp³-hybridized carbons (Fsp3) is 0.333. The second-order valence-electron chi connectivity index (χ2n) is 8.19. The van der Waals surface area contributed by atoms with E-state index in [1.54, 1.807) is 12.1 Å². The third kappa shape index (κ3) is 5.49. The molecule has 1 fully saturated rings. The number of hydrogen-bond acceptors (Lipinski definition) is 5. The Morgan fingerprint density at radius 2 is 1.76 bits per heavy atom. The normalized spacial score (nSPS) is 15.9. The number of aliphatic carboxylic acids is 2. The first kappa shape index (κ1) is 24.0. The zero-order valence-electron chi connectivity index (χ0n) is 18.4. The Morgan fingerprint density at radius 3 is 2.41 bits per heavy atom. The van der Waals surface area contributed by atoms with Gasteiger partial charge in [0.05, 0.1) is 5.52 Å². The first-order valence-electron chi connectivity index (χ1n) is 10.9. The molecule has 1 saturated heterocycles. The van der Waals surface area contributed by atoms with E-state index in [2.05, 4.69) is 4.90 Å². The predicted octanol–water partition coefficient (Wildman–Crippen LogP) is 3.34. The van der Waals surface area contributed by atoms with Crippen molar-refractivity contribution < 1.29 is 28.9 Å². The van der Waals surface area contributed by atoms with Crippen LogP contribution in [-0.2, 0) is 16.1 Å². The third-order valence-electron chi connectivity index (χ3n) is 5.97. The van der Waals surface area contributed by atoms with Gasteiger partial charge < -0.3 is 19.5 Å². The van der Waals surface area contributed by atoms with Gasteiger partial charge in [0.15, 0.2) is 0 Å². The van der Waals surface area contributed by atoms with E-state index in [1.807, 2.05) is 17.0 Å². The number of ether oxygens (including phenoxy) is 1. The van der Waals surface area contributed by atoms with Gasteiger partial charge in [-0.1, -0.05) is 11.6 Å². The van der Waals surface area contributed by atoms with E-state index >= 15 is 0 Å². The summed E-state index contributed by atoms with van der Waals surface area (Å²) in [6, 6.07) is 10.2. The van der Waals surface area contributed by atoms with E-state index in [9.17, 15) is 24.2 Å². The number of hydrogen-bond donors (Lipinski definition) is 2. The summed E-state index contributed by atoms with van der Waals surface area (Å²) in [5.41, 5.74) is 0.824. The number of piperazine rings is 1. The summed E-state index contributed by atoms with van der Waals surface area (Å²) in [7, 11) is 0. The van der Waals surface area contributed by atoms with Crippen LogP contribution < -0.4 is 4.74 Å². The maximum Gasteiger partial charge on any atom is 0.325 e. The molecule has 2 N–H and O–H groups in total. The SMILES string of the molecule is O=C(O)Cn1cc([C@@H](C(=O)O)N2CCN(CCOc3ccc(Cl)cc3)CC2)c2ccc(F)cc21. The van der Waals surface area contributed by atoms with Gasteiger partial charge in [-0.3, -0.25) is 19.4 Å². The Bertz CT molecular complexity index is 1180. The molecule has 10 heteroatoms. The monoisotopic (exact) mass is 489 g/mol. The Balaban J connectivity index is 1.44. The van der Waals surface area contributed by atoms with Crippen LogP contribution in [0.2, 0.25) is 5.02 Å². The molecule has 180 valence electrons. The average molecular weight is 490 g/mol. The lowest BCUT2D eigenvalue weighted by atomic mass is 10.0. The van der Waals surface area contributed by atoms with E-state index in [4.69, 9.17) is 16.3 Å². The van der Waals surface area contributed by atoms with Crippen LogP contribution in [0.25, 0.3) is 10.9 Å². The molecule has 0 saturated carbocycles. The highest BCUT2D eigenvalue weighted by Gasteiger charge is 2.33. The van der Waals surface area contributed by atoms with Gasteiger partial charge in [0.1, 0.15) is 30.8 Å². The second-order valence-corrected chi connectivity index (χ2v) is 8.62. The molecule has 0 radical (unpaired) electrons. The fourth-order valence-corrected chi connectivity index (χ4v) is 4.47. The van der Waals surface area contributed by atoms with Crippen molar-refractivity contribution in [3.63, 3.8) is 0 Å². The summed E-state index contributed by atoms with van der Waals surface area (Å²) in [5.74, 6) is -1.89. The summed E-state index contributed by atoms with van der Waals surface area (Å²) in [6.07, 6.45) is 1.52. The molecular weight excluding hydrogens is 465 g/mol. The maximum absolute atomic E-state index is 13.8. The zero-order valence-corrected chi connectivity index (χ0v) is 19.1. The van der Waals surface area contributed by atoms with Crippen LogP contribution in [0.4, 0.5) is 4.39 Å². The topological polar surface area (TPSA) is 95.2 Å². The molecule has 2 heterocycles. The van der Waals surface area contributed by atoms with Gasteiger partial charge in [-0.25, -0.2) is 4.39 Å². The summed E-state index contributed by atoms with van der Waals surface area (Å²) in [6.45, 7) is 3.18. The number of halogens is 2. The first-order valence-corrected chi connectivity index (χ1v) is 11.3. The minimum absolute atomic E-state index is 0.363. The van der Waals surface area contributed by atoms with Crippen molar-refractivity contribution in [3.8, 4) is 5.75 Å². The lowest BCUT2D eigenvalue weighted by Gasteiger charge is -2.37. The van der Waals surface area contributed by atoms with Gasteiger partial charge in [-0.2, -0.15) is 0 Å². The Morgan fingerprint density at radius 1 is 1.06 bits per heavy atom. The van der Waals surface area contributed by atoms with Crippen molar-refractivity contribution in [1.29, 1.82) is 0 Å². The zero-order chi connectivity index (χ0) is 24.2. The van der Waals surface area contributed by atoms with Crippen LogP contribution in [0.5, 0.6) is 5.75 Å². The molecule has 0 spiro atoms. The average Bonchev–Trinajstić information content (AvgIpc) is 3.12. The fourth-order valence-electron chi connectivity index (χ4n) is 4.34. The summed E-state index contributed by atoms with van der Waals surface area (Å²) >= 11 is 5.88. The van der Waals surface area contributed by atoms with E-state index < -0.39 is 23.8 Å². The Kier molecular flexibility index (Phi) is 7.35. The molecule has 1 aliphatic heterocycles. The molecule has 0 aliphatic carbocycles. The highest BCUT2D eigenvalue weighted by atomic mass is 35.5. The Hall–Kier alpha value is -3.14. The van der Waals surface area contributed by atoms with Crippen LogP contribution in [-0.4, -0.2) is 75.8 Å². The molecule has 0 bridgehead atoms. The van der Waals surface area contributed by atoms with Gasteiger partial charge in [0, 0.05) is 54.9 Å². The lowest BCUT2D eigenvalue weighted by Crippen LogP contribution is -2.50. The molecule has 0 unspecified atom stereocenters. The number of rotatable bonds is 9. The molecule has 3 aromatic rings. The molecular formula is C24H25ClFN3O5. The molecule has 8 nitrogen and oxygen atoms in total. The molecule has 1 aromatic heterocycles. The predicted molar refractivity (Wildman–Crippen MR) is 125 cm³/mol. The number of fused-ring (bicyclic) bond motifs is 1. The second kappa shape index (κ2) is 10.4. The number of carbonyl (C=O) groups is 2. The maximum atomic E-state index is 13.8. The number of carboxylic acids is 2. The van der Waals surface area contributed by atoms with Gasteiger partial charge in [-0.05, 0) is 42.5 Å². The van der Waals surface area contributed by atoms with Gasteiger partial charge in [-0.15, -0.1) is 0 Å². The van der Waals surface area contributed by atoms with Gasteiger partial charge in [0.25, 0.3) is 0 Å². The van der Waals surface area contributed by atoms with Crippen LogP contribution in [0, 0.1) is 5.82 Å². The first-order chi connectivity index (χ1) is 16.3. The molecule has 4 rings (SSSR count). The highest BCUT2D eigenvalue weighted by molar-refractivity contribution is 6.30. The highest BCUT2D eigenvalue weighted by Crippen LogP contribution is 2.32. The lowest BCUT2D eigenvalue weighted by molar-refractivity contribution is -0.144. The molecule has 0 amide bonds. The number of carboxylic acid groups (broad SMARTS) is 2. The number of nitrogens with zero attached hydrogens (tertiary/aromatic N) is 3. The van der Waals surface area contributed by atoms with Crippen molar-refractivity contribution in [2.24, 2.45) is 0 Å². The van der Waals surface area contributed by atoms with E-state index in [-0.39, 0.29) is 6.54 Å². The van der Waals surface area contributed by atoms with Crippen molar-refractivity contribution in [3.05, 3.63) is 65.1 Å². The van der Waals surface area contributed by atoms with E-state index in [0.717, 1.165) is 5.75 Å². The van der Waals surface area contributed by atoms with E-state index in [1.165, 1.54) is 29.0 Å². The van der Waals surface area contributed by atoms with Crippen LogP contribution >= 0.6 is 11.6 Å². The van der Waals surface area contributed by atoms with Gasteiger partial charge >= 0.3 is 11.9 Å². The Labute approximate surface area is 200 Å². The van der Waals surface area contributed by atoms with E-state index in [0.29, 0.717) is 60.8 Å². The molecule has 2 aromatic carbocycles. The molecule has 1 aliphatic rings. The van der Waals surface area contributed by atoms with Crippen molar-refractivity contribution in [2.45, 2.75) is 12.6 Å². The largest absolute Gasteiger partial charge is 0.492 e. The van der Waals surface area contributed by atoms with Gasteiger partial charge in [0.2, 0.25) is 0 Å². The molecule has 1 atom stereocenters. The quantitative estimate of drug-likeness (QED) is 0.476. The van der Waals surface area contributed by atoms with Crippen molar-refractivity contribution in [2.75, 3.05) is 39.3 Å². The van der Waals surface area contributed by atoms with Crippen molar-refractivity contribution in [1.82, 2.24) is 14.4 Å². The summed E-state index contributed by atoms with van der Waals surface area (Å²) in [5, 5.41) is 20.5. The van der Waals surface area contributed by atoms with Crippen LogP contribution in [0.15, 0.2) is 48.7 Å². The number of aromatic nitrogens is 1. The minimum Gasteiger partial charge on any atom is -0.492 e. The van der Waals surface area contributed by atoms with Crippen LogP contribution in [0.1, 0.15) is 11.6 Å². The van der Waals surface area contributed by atoms with Crippen molar-refractivity contribution >= 4 is 34.4 Å². The summed E-state index contributed by atoms with van der Waals surface area (Å²) < 4.78 is 21.0.